The summed E-state index contributed by atoms with van der Waals surface area (Å²) in [5, 5.41) is 4.43. The number of nitrogens with zero attached hydrogens (tertiary/aromatic N) is 6. The van der Waals surface area contributed by atoms with Gasteiger partial charge in [-0.15, -0.1) is 0 Å². The molecule has 10 nitrogen and oxygen atoms in total. The fraction of sp³-hybridized carbons (Fsp3) is 0.348. The Hall–Kier alpha value is -3.95. The summed E-state index contributed by atoms with van der Waals surface area (Å²) in [5.41, 5.74) is 14.2. The Morgan fingerprint density at radius 2 is 1.88 bits per heavy atom. The molecule has 3 heterocycles. The molecule has 1 aliphatic rings. The van der Waals surface area contributed by atoms with Crippen molar-refractivity contribution in [3.63, 3.8) is 0 Å². The number of carbonyl (C=O) groups is 1. The molecule has 0 bridgehead atoms. The van der Waals surface area contributed by atoms with Crippen LogP contribution < -0.4 is 17.0 Å². The molecular formula is C23H30N8O2. The number of nitrogens with two attached hydrogens (primary N) is 2. The van der Waals surface area contributed by atoms with E-state index in [0.29, 0.717) is 5.69 Å². The van der Waals surface area contributed by atoms with Gasteiger partial charge < -0.3 is 11.5 Å². The summed E-state index contributed by atoms with van der Waals surface area (Å²) in [6.07, 6.45) is 4.93. The first-order valence-corrected chi connectivity index (χ1v) is 10.6. The molecule has 0 unspecified atom stereocenters. The molecule has 1 aliphatic heterocycles. The van der Waals surface area contributed by atoms with Crippen molar-refractivity contribution in [2.75, 3.05) is 12.8 Å². The molecule has 174 valence electrons. The van der Waals surface area contributed by atoms with E-state index < -0.39 is 5.54 Å². The van der Waals surface area contributed by atoms with Crippen molar-refractivity contribution >= 4 is 17.8 Å². The van der Waals surface area contributed by atoms with Gasteiger partial charge in [-0.1, -0.05) is 19.1 Å². The molecule has 10 heteroatoms. The number of hydrogen-bond acceptors (Lipinski definition) is 7. The van der Waals surface area contributed by atoms with Crippen molar-refractivity contribution in [1.29, 1.82) is 0 Å². The third-order valence-electron chi connectivity index (χ3n) is 5.66. The van der Waals surface area contributed by atoms with Crippen molar-refractivity contribution in [3.05, 3.63) is 69.9 Å². The van der Waals surface area contributed by atoms with Crippen LogP contribution in [0.15, 0.2) is 52.5 Å². The van der Waals surface area contributed by atoms with Gasteiger partial charge in [0.05, 0.1) is 23.8 Å². The molecule has 4 rings (SSSR count). The highest BCUT2D eigenvalue weighted by Gasteiger charge is 2.37. The molecule has 3 aromatic rings. The normalized spacial score (nSPS) is 17.9. The quantitative estimate of drug-likeness (QED) is 0.620. The molecule has 4 N–H and O–H groups in total. The van der Waals surface area contributed by atoms with E-state index in [2.05, 4.69) is 34.1 Å². The first-order valence-electron chi connectivity index (χ1n) is 10.6. The van der Waals surface area contributed by atoms with Gasteiger partial charge in [-0.2, -0.15) is 5.10 Å². The van der Waals surface area contributed by atoms with Crippen LogP contribution in [0.4, 0.5) is 5.95 Å². The number of aromatic nitrogens is 4. The van der Waals surface area contributed by atoms with Gasteiger partial charge >= 0.3 is 0 Å². The Morgan fingerprint density at radius 1 is 1.15 bits per heavy atom. The monoisotopic (exact) mass is 450 g/mol. The number of benzene rings is 1. The predicted octanol–water partition coefficient (Wildman–Crippen LogP) is 1.50. The van der Waals surface area contributed by atoms with Gasteiger partial charge in [0, 0.05) is 37.6 Å². The molecule has 0 saturated heterocycles. The molecule has 0 spiro atoms. The third-order valence-corrected chi connectivity index (χ3v) is 5.66. The lowest BCUT2D eigenvalue weighted by atomic mass is 9.90. The van der Waals surface area contributed by atoms with E-state index in [4.69, 9.17) is 11.5 Å². The zero-order valence-electron chi connectivity index (χ0n) is 19.6. The van der Waals surface area contributed by atoms with Crippen LogP contribution in [0, 0.1) is 6.92 Å². The number of rotatable bonds is 3. The molecule has 0 aliphatic carbocycles. The van der Waals surface area contributed by atoms with Crippen LogP contribution in [0.25, 0.3) is 5.69 Å². The minimum absolute atomic E-state index is 0.0410. The number of guanidine groups is 1. The average Bonchev–Trinajstić information content (AvgIpc) is 3.28. The maximum atomic E-state index is 12.1. The number of aryl methyl sites for hydroxylation is 2. The second kappa shape index (κ2) is 9.27. The smallest absolute Gasteiger partial charge is 0.254 e. The number of nitrogen functional groups attached to an aromatic ring is 1. The van der Waals surface area contributed by atoms with Gasteiger partial charge in [-0.3, -0.25) is 19.1 Å². The molecule has 2 aromatic heterocycles. The lowest BCUT2D eigenvalue weighted by molar-refractivity contribution is -0.128. The van der Waals surface area contributed by atoms with Crippen LogP contribution in [-0.4, -0.2) is 43.1 Å². The summed E-state index contributed by atoms with van der Waals surface area (Å²) in [6.45, 7) is 5.77. The molecule has 1 atom stereocenters. The second-order valence-electron chi connectivity index (χ2n) is 8.22. The highest BCUT2D eigenvalue weighted by molar-refractivity contribution is 5.98. The minimum Gasteiger partial charge on any atom is -0.369 e. The number of amides is 1. The van der Waals surface area contributed by atoms with E-state index in [1.807, 2.05) is 29.9 Å². The Balaban J connectivity index is 0.000000257. The maximum Gasteiger partial charge on any atom is 0.254 e. The Kier molecular flexibility index (Phi) is 6.66. The van der Waals surface area contributed by atoms with Crippen molar-refractivity contribution < 1.29 is 4.79 Å². The van der Waals surface area contributed by atoms with E-state index in [1.165, 1.54) is 21.1 Å². The first-order chi connectivity index (χ1) is 15.5. The molecule has 1 amide bonds. The van der Waals surface area contributed by atoms with Gasteiger partial charge in [0.2, 0.25) is 11.9 Å². The molecular weight excluding hydrogens is 420 g/mol. The van der Waals surface area contributed by atoms with Crippen molar-refractivity contribution in [2.45, 2.75) is 39.2 Å². The lowest BCUT2D eigenvalue weighted by Gasteiger charge is -2.32. The highest BCUT2D eigenvalue weighted by atomic mass is 16.2. The van der Waals surface area contributed by atoms with Gasteiger partial charge in [-0.05, 0) is 38.0 Å². The number of anilines is 1. The zero-order valence-corrected chi connectivity index (χ0v) is 19.6. The SMILES string of the molecule is CCc1cccc(-n2cc([C@]3(C)CC(=O)N(C)C(N)=N3)cn2)c1.Cc1cc(=O)n(C)c(N)n1. The average molecular weight is 451 g/mol. The molecule has 33 heavy (non-hydrogen) atoms. The zero-order chi connectivity index (χ0) is 24.3. The van der Waals surface area contributed by atoms with Crippen molar-refractivity contribution in [3.8, 4) is 5.69 Å². The van der Waals surface area contributed by atoms with Crippen molar-refractivity contribution in [2.24, 2.45) is 17.8 Å². The fourth-order valence-corrected chi connectivity index (χ4v) is 3.41. The summed E-state index contributed by atoms with van der Waals surface area (Å²) in [5.74, 6) is 0.454. The van der Waals surface area contributed by atoms with Crippen LogP contribution >= 0.6 is 0 Å². The first kappa shape index (κ1) is 23.7. The largest absolute Gasteiger partial charge is 0.369 e. The Bertz CT molecular complexity index is 1260. The van der Waals surface area contributed by atoms with E-state index in [0.717, 1.165) is 17.7 Å². The Labute approximate surface area is 192 Å². The van der Waals surface area contributed by atoms with Crippen LogP contribution in [0.5, 0.6) is 0 Å². The van der Waals surface area contributed by atoms with Crippen LogP contribution in [-0.2, 0) is 23.8 Å². The highest BCUT2D eigenvalue weighted by Crippen LogP contribution is 2.32. The summed E-state index contributed by atoms with van der Waals surface area (Å²) in [4.78, 5) is 32.8. The number of hydrogen-bond donors (Lipinski definition) is 2. The lowest BCUT2D eigenvalue weighted by Crippen LogP contribution is -2.47. The van der Waals surface area contributed by atoms with E-state index in [-0.39, 0.29) is 29.8 Å². The summed E-state index contributed by atoms with van der Waals surface area (Å²) in [7, 11) is 3.23. The van der Waals surface area contributed by atoms with Crippen LogP contribution in [0.1, 0.15) is 37.1 Å². The maximum absolute atomic E-state index is 12.1. The summed E-state index contributed by atoms with van der Waals surface area (Å²) >= 11 is 0. The molecule has 1 aromatic carbocycles. The van der Waals surface area contributed by atoms with Gasteiger partial charge in [-0.25, -0.2) is 14.7 Å². The molecule has 0 fully saturated rings. The fourth-order valence-electron chi connectivity index (χ4n) is 3.41. The standard InChI is InChI=1S/C17H21N5O.C6H9N3O/c1-4-12-6-5-7-14(8-12)22-11-13(10-19-22)17(2)9-15(23)21(3)16(18)20-17;1-4-3-5(10)9(2)6(7)8-4/h5-8,10-11H,4,9H2,1-3H3,(H2,18,20);3H,1-2H3,(H2,7,8)/t17-;/m0./s1. The summed E-state index contributed by atoms with van der Waals surface area (Å²) < 4.78 is 3.11. The number of carbonyl (C=O) groups excluding carboxylic acids is 1. The third kappa shape index (κ3) is 5.11. The van der Waals surface area contributed by atoms with Gasteiger partial charge in [0.1, 0.15) is 0 Å². The van der Waals surface area contributed by atoms with E-state index in [1.54, 1.807) is 27.2 Å². The van der Waals surface area contributed by atoms with Crippen LogP contribution in [0.2, 0.25) is 0 Å². The van der Waals surface area contributed by atoms with Crippen molar-refractivity contribution in [1.82, 2.24) is 24.2 Å². The number of aliphatic imine (C=N–C) groups is 1. The molecule has 0 radical (unpaired) electrons. The van der Waals surface area contributed by atoms with Gasteiger partial charge in [0.25, 0.3) is 5.56 Å². The molecule has 0 saturated carbocycles. The topological polar surface area (TPSA) is 137 Å². The minimum atomic E-state index is -0.672. The summed E-state index contributed by atoms with van der Waals surface area (Å²) in [6, 6.07) is 9.67. The Morgan fingerprint density at radius 3 is 2.52 bits per heavy atom. The van der Waals surface area contributed by atoms with Gasteiger partial charge in [0.15, 0.2) is 5.96 Å². The van der Waals surface area contributed by atoms with E-state index in [9.17, 15) is 9.59 Å². The second-order valence-corrected chi connectivity index (χ2v) is 8.22. The van der Waals surface area contributed by atoms with E-state index >= 15 is 0 Å². The van der Waals surface area contributed by atoms with Crippen LogP contribution in [0.3, 0.4) is 0 Å². The predicted molar refractivity (Wildman–Crippen MR) is 128 cm³/mol.